The molecule has 0 saturated heterocycles. The number of nitrogens with zero attached hydrogens (tertiary/aromatic N) is 2. The second-order valence-corrected chi connectivity index (χ2v) is 7.01. The fraction of sp³-hybridized carbons (Fsp3) is 0.304. The van der Waals surface area contributed by atoms with Crippen molar-refractivity contribution in [3.63, 3.8) is 0 Å². The zero-order chi connectivity index (χ0) is 20.5. The highest BCUT2D eigenvalue weighted by molar-refractivity contribution is 6.34. The van der Waals surface area contributed by atoms with Crippen LogP contribution in [0.3, 0.4) is 0 Å². The molecule has 0 aromatic carbocycles. The Morgan fingerprint density at radius 3 is 2.68 bits per heavy atom. The number of rotatable bonds is 6. The molecule has 1 unspecified atom stereocenters. The van der Waals surface area contributed by atoms with E-state index in [1.165, 1.54) is 0 Å². The van der Waals surface area contributed by atoms with Gasteiger partial charge < -0.3 is 9.32 Å². The molecule has 28 heavy (non-hydrogen) atoms. The van der Waals surface area contributed by atoms with Crippen LogP contribution in [0.2, 0.25) is 0 Å². The fourth-order valence-electron chi connectivity index (χ4n) is 2.83. The molecular formula is C23H27ClN2O2. The molecule has 4 nitrogen and oxygen atoms in total. The smallest absolute Gasteiger partial charge is 0.147 e. The van der Waals surface area contributed by atoms with Crippen LogP contribution in [0.15, 0.2) is 81.6 Å². The van der Waals surface area contributed by atoms with Gasteiger partial charge in [0.25, 0.3) is 0 Å². The number of aromatic nitrogens is 1. The first-order valence-electron chi connectivity index (χ1n) is 9.39. The van der Waals surface area contributed by atoms with Crippen LogP contribution in [0.4, 0.5) is 5.82 Å². The third-order valence-corrected chi connectivity index (χ3v) is 5.08. The SMILES string of the molecule is C=C1CC(C=O)=C(Cl)/C1=C/CCC.CC(c1ccco1)N(C)c1ccccn1. The summed E-state index contributed by atoms with van der Waals surface area (Å²) in [5.74, 6) is 1.89. The second kappa shape index (κ2) is 10.7. The maximum atomic E-state index is 10.6. The lowest BCUT2D eigenvalue weighted by atomic mass is 10.1. The normalized spacial score (nSPS) is 16.0. The van der Waals surface area contributed by atoms with E-state index in [1.807, 2.05) is 37.4 Å². The molecule has 1 aliphatic rings. The summed E-state index contributed by atoms with van der Waals surface area (Å²) < 4.78 is 5.37. The topological polar surface area (TPSA) is 46.3 Å². The van der Waals surface area contributed by atoms with E-state index < -0.39 is 0 Å². The van der Waals surface area contributed by atoms with Gasteiger partial charge in [-0.15, -0.1) is 0 Å². The van der Waals surface area contributed by atoms with Gasteiger partial charge in [0.15, 0.2) is 0 Å². The molecule has 0 bridgehead atoms. The summed E-state index contributed by atoms with van der Waals surface area (Å²) >= 11 is 5.99. The molecule has 148 valence electrons. The summed E-state index contributed by atoms with van der Waals surface area (Å²) in [4.78, 5) is 16.9. The van der Waals surface area contributed by atoms with E-state index >= 15 is 0 Å². The standard InChI is InChI=1S/C12H14N2O.C11H13ClO/c1-10(11-6-5-9-15-11)14(2)12-7-3-4-8-13-12;1-3-4-5-10-8(2)6-9(7-13)11(10)12/h3-10H,1-2H3;5,7H,2-4,6H2,1H3/b;10-5+. The van der Waals surface area contributed by atoms with Gasteiger partial charge in [0, 0.05) is 25.2 Å². The third-order valence-electron chi connectivity index (χ3n) is 4.63. The monoisotopic (exact) mass is 398 g/mol. The lowest BCUT2D eigenvalue weighted by molar-refractivity contribution is -0.104. The molecule has 0 radical (unpaired) electrons. The maximum Gasteiger partial charge on any atom is 0.147 e. The van der Waals surface area contributed by atoms with E-state index in [0.29, 0.717) is 17.0 Å². The number of hydrogen-bond donors (Lipinski definition) is 0. The van der Waals surface area contributed by atoms with E-state index in [9.17, 15) is 4.79 Å². The second-order valence-electron chi connectivity index (χ2n) is 6.63. The quantitative estimate of drug-likeness (QED) is 0.540. The molecule has 5 heteroatoms. The highest BCUT2D eigenvalue weighted by Gasteiger charge is 2.20. The number of furan rings is 1. The van der Waals surface area contributed by atoms with Crippen molar-refractivity contribution in [1.82, 2.24) is 4.98 Å². The number of allylic oxidation sites excluding steroid dienone is 5. The fourth-order valence-corrected chi connectivity index (χ4v) is 3.15. The number of pyridine rings is 1. The summed E-state index contributed by atoms with van der Waals surface area (Å²) in [6, 6.07) is 9.94. The van der Waals surface area contributed by atoms with Crippen LogP contribution in [0, 0.1) is 0 Å². The number of anilines is 1. The molecule has 2 aromatic heterocycles. The van der Waals surface area contributed by atoms with E-state index in [1.54, 1.807) is 12.5 Å². The van der Waals surface area contributed by atoms with Crippen LogP contribution in [0.1, 0.15) is 44.9 Å². The molecule has 0 fully saturated rings. The maximum absolute atomic E-state index is 10.6. The van der Waals surface area contributed by atoms with E-state index in [-0.39, 0.29) is 6.04 Å². The van der Waals surface area contributed by atoms with Crippen LogP contribution in [0.25, 0.3) is 0 Å². The zero-order valence-corrected chi connectivity index (χ0v) is 17.4. The number of carbonyl (C=O) groups is 1. The number of halogens is 1. The molecule has 1 aliphatic carbocycles. The Labute approximate surface area is 172 Å². The molecular weight excluding hydrogens is 372 g/mol. The van der Waals surface area contributed by atoms with Crippen LogP contribution in [0.5, 0.6) is 0 Å². The van der Waals surface area contributed by atoms with Crippen molar-refractivity contribution in [3.05, 3.63) is 83.0 Å². The first-order valence-corrected chi connectivity index (χ1v) is 9.77. The van der Waals surface area contributed by atoms with Gasteiger partial charge in [0.2, 0.25) is 0 Å². The molecule has 0 saturated carbocycles. The van der Waals surface area contributed by atoms with Gasteiger partial charge in [0.05, 0.1) is 17.3 Å². The zero-order valence-electron chi connectivity index (χ0n) is 16.7. The molecule has 0 aliphatic heterocycles. The van der Waals surface area contributed by atoms with Gasteiger partial charge in [-0.25, -0.2) is 4.98 Å². The number of carbonyl (C=O) groups excluding carboxylic acids is 1. The van der Waals surface area contributed by atoms with Gasteiger partial charge in [-0.05, 0) is 48.8 Å². The lowest BCUT2D eigenvalue weighted by Gasteiger charge is -2.23. The Balaban J connectivity index is 0.000000203. The number of unbranched alkanes of at least 4 members (excludes halogenated alkanes) is 1. The summed E-state index contributed by atoms with van der Waals surface area (Å²) in [7, 11) is 2.01. The Morgan fingerprint density at radius 1 is 1.36 bits per heavy atom. The van der Waals surface area contributed by atoms with Crippen molar-refractivity contribution in [2.24, 2.45) is 0 Å². The minimum absolute atomic E-state index is 0.190. The van der Waals surface area contributed by atoms with Crippen molar-refractivity contribution >= 4 is 23.7 Å². The minimum atomic E-state index is 0.190. The van der Waals surface area contributed by atoms with Crippen LogP contribution in [-0.2, 0) is 4.79 Å². The largest absolute Gasteiger partial charge is 0.467 e. The number of aldehydes is 1. The van der Waals surface area contributed by atoms with Crippen molar-refractivity contribution in [3.8, 4) is 0 Å². The first-order chi connectivity index (χ1) is 13.5. The molecule has 2 aromatic rings. The van der Waals surface area contributed by atoms with Gasteiger partial charge in [-0.1, -0.05) is 43.7 Å². The Bertz CT molecular complexity index is 839. The van der Waals surface area contributed by atoms with E-state index in [2.05, 4.69) is 36.4 Å². The van der Waals surface area contributed by atoms with Crippen molar-refractivity contribution in [1.29, 1.82) is 0 Å². The van der Waals surface area contributed by atoms with E-state index in [0.717, 1.165) is 41.9 Å². The molecule has 0 amide bonds. The van der Waals surface area contributed by atoms with Crippen LogP contribution >= 0.6 is 11.6 Å². The van der Waals surface area contributed by atoms with Gasteiger partial charge >= 0.3 is 0 Å². The molecule has 0 spiro atoms. The molecule has 1 atom stereocenters. The summed E-state index contributed by atoms with van der Waals surface area (Å²) in [5.41, 5.74) is 2.58. The highest BCUT2D eigenvalue weighted by atomic mass is 35.5. The third kappa shape index (κ3) is 5.46. The van der Waals surface area contributed by atoms with Crippen molar-refractivity contribution in [2.45, 2.75) is 39.2 Å². The molecule has 3 rings (SSSR count). The minimum Gasteiger partial charge on any atom is -0.467 e. The number of hydrogen-bond acceptors (Lipinski definition) is 4. The predicted octanol–water partition coefficient (Wildman–Crippen LogP) is 6.24. The highest BCUT2D eigenvalue weighted by Crippen LogP contribution is 2.36. The van der Waals surface area contributed by atoms with Gasteiger partial charge in [-0.2, -0.15) is 0 Å². The predicted molar refractivity (Wildman–Crippen MR) is 115 cm³/mol. The van der Waals surface area contributed by atoms with Gasteiger partial charge in [0.1, 0.15) is 17.9 Å². The Morgan fingerprint density at radius 2 is 2.14 bits per heavy atom. The average molecular weight is 399 g/mol. The summed E-state index contributed by atoms with van der Waals surface area (Å²) in [6.07, 6.45) is 9.03. The Hall–Kier alpha value is -2.59. The van der Waals surface area contributed by atoms with Crippen LogP contribution < -0.4 is 4.90 Å². The average Bonchev–Trinajstić information content (AvgIpc) is 3.35. The molecule has 2 heterocycles. The lowest BCUT2D eigenvalue weighted by Crippen LogP contribution is -2.21. The van der Waals surface area contributed by atoms with Crippen LogP contribution in [-0.4, -0.2) is 18.3 Å². The van der Waals surface area contributed by atoms with Crippen molar-refractivity contribution in [2.75, 3.05) is 11.9 Å². The van der Waals surface area contributed by atoms with Gasteiger partial charge in [-0.3, -0.25) is 4.79 Å². The summed E-state index contributed by atoms with van der Waals surface area (Å²) in [5, 5.41) is 0.591. The van der Waals surface area contributed by atoms with Crippen molar-refractivity contribution < 1.29 is 9.21 Å². The summed E-state index contributed by atoms with van der Waals surface area (Å²) in [6.45, 7) is 8.08. The Kier molecular flexibility index (Phi) is 8.27. The van der Waals surface area contributed by atoms with E-state index in [4.69, 9.17) is 16.0 Å². The first kappa shape index (κ1) is 21.7. The molecule has 0 N–H and O–H groups in total.